The van der Waals surface area contributed by atoms with Gasteiger partial charge in [0, 0.05) is 6.61 Å². The first-order chi connectivity index (χ1) is 5.33. The average Bonchev–Trinajstić information content (AvgIpc) is 2.04. The van der Waals surface area contributed by atoms with Crippen LogP contribution in [0.4, 0.5) is 0 Å². The van der Waals surface area contributed by atoms with Crippen LogP contribution in [0.2, 0.25) is 0 Å². The quantitative estimate of drug-likeness (QED) is 0.694. The summed E-state index contributed by atoms with van der Waals surface area (Å²) in [4.78, 5) is 0. The van der Waals surface area contributed by atoms with Crippen molar-refractivity contribution in [3.8, 4) is 0 Å². The van der Waals surface area contributed by atoms with Crippen LogP contribution < -0.4 is 0 Å². The molecule has 1 aromatic carbocycles. The molecule has 11 heavy (non-hydrogen) atoms. The summed E-state index contributed by atoms with van der Waals surface area (Å²) in [6.45, 7) is 4.06. The predicted molar refractivity (Wildman–Crippen MR) is 46.3 cm³/mol. The molecule has 0 aliphatic carbocycles. The molecule has 0 amide bonds. The molecule has 1 rings (SSSR count). The molecule has 0 unspecified atom stereocenters. The Morgan fingerprint density at radius 3 is 2.36 bits per heavy atom. The highest BCUT2D eigenvalue weighted by molar-refractivity contribution is 5.24. The van der Waals surface area contributed by atoms with E-state index in [1.165, 1.54) is 5.56 Å². The predicted octanol–water partition coefficient (Wildman–Crippen LogP) is 1.79. The minimum absolute atomic E-state index is 0.270. The molecule has 0 bridgehead atoms. The van der Waals surface area contributed by atoms with E-state index in [-0.39, 0.29) is 6.61 Å². The Morgan fingerprint density at radius 1 is 1.18 bits per heavy atom. The first-order valence-electron chi connectivity index (χ1n) is 3.84. The molecule has 1 aromatic rings. The van der Waals surface area contributed by atoms with Crippen molar-refractivity contribution in [1.29, 1.82) is 0 Å². The Bertz CT molecular complexity index is 201. The molecule has 0 aliphatic heterocycles. The number of aliphatic hydroxyl groups is 1. The third kappa shape index (κ3) is 2.72. The third-order valence-corrected chi connectivity index (χ3v) is 1.65. The first kappa shape index (κ1) is 8.28. The second-order valence-electron chi connectivity index (χ2n) is 2.64. The lowest BCUT2D eigenvalue weighted by Crippen LogP contribution is -1.88. The van der Waals surface area contributed by atoms with Gasteiger partial charge < -0.3 is 5.11 Å². The maximum Gasteiger partial charge on any atom is 0.0434 e. The summed E-state index contributed by atoms with van der Waals surface area (Å²) < 4.78 is 0. The van der Waals surface area contributed by atoms with Gasteiger partial charge in [-0.05, 0) is 30.9 Å². The zero-order valence-electron chi connectivity index (χ0n) is 6.59. The Hall–Kier alpha value is -0.820. The maximum atomic E-state index is 8.57. The van der Waals surface area contributed by atoms with Gasteiger partial charge in [0.2, 0.25) is 0 Å². The van der Waals surface area contributed by atoms with Gasteiger partial charge in [-0.1, -0.05) is 24.3 Å². The molecule has 0 fully saturated rings. The van der Waals surface area contributed by atoms with Gasteiger partial charge in [-0.3, -0.25) is 0 Å². The van der Waals surface area contributed by atoms with E-state index in [0.29, 0.717) is 0 Å². The van der Waals surface area contributed by atoms with Crippen LogP contribution in [0.5, 0.6) is 0 Å². The summed E-state index contributed by atoms with van der Waals surface area (Å²) in [7, 11) is 0. The van der Waals surface area contributed by atoms with Crippen LogP contribution in [0.1, 0.15) is 17.5 Å². The average molecular weight is 149 g/mol. The molecule has 0 saturated heterocycles. The molecular formula is C10H13O. The smallest absolute Gasteiger partial charge is 0.0434 e. The number of hydrogen-bond donors (Lipinski definition) is 1. The molecule has 0 atom stereocenters. The fraction of sp³-hybridized carbons (Fsp3) is 0.300. The maximum absolute atomic E-state index is 8.57. The van der Waals surface area contributed by atoms with Crippen molar-refractivity contribution >= 4 is 0 Å². The topological polar surface area (TPSA) is 20.2 Å². The van der Waals surface area contributed by atoms with Gasteiger partial charge in [-0.15, -0.1) is 0 Å². The minimum atomic E-state index is 0.270. The summed E-state index contributed by atoms with van der Waals surface area (Å²) in [6, 6.07) is 8.09. The zero-order chi connectivity index (χ0) is 8.10. The number of hydrogen-bond acceptors (Lipinski definition) is 1. The van der Waals surface area contributed by atoms with Crippen molar-refractivity contribution in [1.82, 2.24) is 0 Å². The highest BCUT2D eigenvalue weighted by Crippen LogP contribution is 2.04. The fourth-order valence-electron chi connectivity index (χ4n) is 0.989. The summed E-state index contributed by atoms with van der Waals surface area (Å²) in [5, 5.41) is 8.57. The zero-order valence-corrected chi connectivity index (χ0v) is 6.59. The van der Waals surface area contributed by atoms with Crippen molar-refractivity contribution in [3.05, 3.63) is 42.3 Å². The van der Waals surface area contributed by atoms with Gasteiger partial charge in [0.05, 0.1) is 0 Å². The van der Waals surface area contributed by atoms with Gasteiger partial charge in [-0.25, -0.2) is 0 Å². The Kier molecular flexibility index (Phi) is 3.12. The lowest BCUT2D eigenvalue weighted by Gasteiger charge is -1.98. The van der Waals surface area contributed by atoms with E-state index < -0.39 is 0 Å². The normalized spacial score (nSPS) is 10.0. The fourth-order valence-corrected chi connectivity index (χ4v) is 0.989. The summed E-state index contributed by atoms with van der Waals surface area (Å²) in [5.74, 6) is 0. The number of benzene rings is 1. The molecule has 0 aliphatic rings. The van der Waals surface area contributed by atoms with Gasteiger partial charge >= 0.3 is 0 Å². The van der Waals surface area contributed by atoms with E-state index in [2.05, 4.69) is 19.1 Å². The standard InChI is InChI=1S/C10H13O/c1-9-4-6-10(7-5-9)3-2-8-11/h4-7,11H,1-3,8H2. The molecule has 0 spiro atoms. The molecule has 1 N–H and O–H groups in total. The van der Waals surface area contributed by atoms with E-state index >= 15 is 0 Å². The first-order valence-corrected chi connectivity index (χ1v) is 3.84. The van der Waals surface area contributed by atoms with E-state index in [9.17, 15) is 0 Å². The van der Waals surface area contributed by atoms with Gasteiger partial charge in [-0.2, -0.15) is 0 Å². The summed E-state index contributed by atoms with van der Waals surface area (Å²) in [5.41, 5.74) is 2.31. The van der Waals surface area contributed by atoms with Crippen LogP contribution in [-0.4, -0.2) is 11.7 Å². The van der Waals surface area contributed by atoms with E-state index in [0.717, 1.165) is 18.4 Å². The second kappa shape index (κ2) is 4.14. The molecule has 0 aromatic heterocycles. The molecule has 1 nitrogen and oxygen atoms in total. The van der Waals surface area contributed by atoms with Gasteiger partial charge in [0.15, 0.2) is 0 Å². The van der Waals surface area contributed by atoms with Crippen molar-refractivity contribution in [3.63, 3.8) is 0 Å². The molecule has 0 heterocycles. The number of aryl methyl sites for hydroxylation is 1. The highest BCUT2D eigenvalue weighted by Gasteiger charge is 1.90. The molecular weight excluding hydrogens is 136 g/mol. The lowest BCUT2D eigenvalue weighted by molar-refractivity contribution is 0.288. The van der Waals surface area contributed by atoms with Crippen LogP contribution in [0.15, 0.2) is 24.3 Å². The molecule has 1 radical (unpaired) electrons. The largest absolute Gasteiger partial charge is 0.396 e. The Labute approximate surface area is 67.7 Å². The van der Waals surface area contributed by atoms with Crippen LogP contribution in [0.25, 0.3) is 0 Å². The number of rotatable bonds is 3. The van der Waals surface area contributed by atoms with Crippen molar-refractivity contribution < 1.29 is 5.11 Å². The molecule has 0 saturated carbocycles. The van der Waals surface area contributed by atoms with E-state index in [4.69, 9.17) is 5.11 Å². The summed E-state index contributed by atoms with van der Waals surface area (Å²) >= 11 is 0. The highest BCUT2D eigenvalue weighted by atomic mass is 16.2. The molecule has 59 valence electrons. The SMILES string of the molecule is [CH2]c1ccc(CCCO)cc1. The third-order valence-electron chi connectivity index (χ3n) is 1.65. The van der Waals surface area contributed by atoms with E-state index in [1.807, 2.05) is 12.1 Å². The van der Waals surface area contributed by atoms with E-state index in [1.54, 1.807) is 0 Å². The van der Waals surface area contributed by atoms with Crippen LogP contribution in [0.3, 0.4) is 0 Å². The minimum Gasteiger partial charge on any atom is -0.396 e. The van der Waals surface area contributed by atoms with Crippen molar-refractivity contribution in [2.75, 3.05) is 6.61 Å². The van der Waals surface area contributed by atoms with Crippen molar-refractivity contribution in [2.45, 2.75) is 12.8 Å². The van der Waals surface area contributed by atoms with Gasteiger partial charge in [0.1, 0.15) is 0 Å². The Balaban J connectivity index is 2.52. The van der Waals surface area contributed by atoms with Crippen molar-refractivity contribution in [2.24, 2.45) is 0 Å². The van der Waals surface area contributed by atoms with Crippen LogP contribution in [-0.2, 0) is 6.42 Å². The second-order valence-corrected chi connectivity index (χ2v) is 2.64. The Morgan fingerprint density at radius 2 is 1.82 bits per heavy atom. The van der Waals surface area contributed by atoms with Crippen LogP contribution in [0, 0.1) is 6.92 Å². The monoisotopic (exact) mass is 149 g/mol. The van der Waals surface area contributed by atoms with Crippen LogP contribution >= 0.6 is 0 Å². The molecule has 1 heteroatoms. The summed E-state index contributed by atoms with van der Waals surface area (Å²) in [6.07, 6.45) is 1.80. The van der Waals surface area contributed by atoms with Gasteiger partial charge in [0.25, 0.3) is 0 Å². The number of aliphatic hydroxyl groups excluding tert-OH is 1. The lowest BCUT2D eigenvalue weighted by atomic mass is 10.1.